The molecule has 1 aromatic carbocycles. The Hall–Kier alpha value is -2.75. The Balaban J connectivity index is 1.41. The fourth-order valence-corrected chi connectivity index (χ4v) is 5.39. The lowest BCUT2D eigenvalue weighted by Crippen LogP contribution is -2.49. The van der Waals surface area contributed by atoms with Crippen LogP contribution in [0.3, 0.4) is 0 Å². The Labute approximate surface area is 210 Å². The summed E-state index contributed by atoms with van der Waals surface area (Å²) in [6.45, 7) is 11.6. The summed E-state index contributed by atoms with van der Waals surface area (Å²) in [5.74, 6) is -0.334. The van der Waals surface area contributed by atoms with Crippen molar-refractivity contribution in [2.24, 2.45) is 0 Å². The average Bonchev–Trinajstić information content (AvgIpc) is 3.43. The molecule has 0 bridgehead atoms. The molecule has 0 radical (unpaired) electrons. The number of aromatic nitrogens is 2. The third-order valence-corrected chi connectivity index (χ3v) is 7.39. The number of esters is 1. The van der Waals surface area contributed by atoms with Gasteiger partial charge < -0.3 is 15.0 Å². The quantitative estimate of drug-likeness (QED) is 0.377. The minimum absolute atomic E-state index is 0.331. The van der Waals surface area contributed by atoms with E-state index in [1.54, 1.807) is 0 Å². The molecule has 9 heteroatoms. The van der Waals surface area contributed by atoms with E-state index in [1.165, 1.54) is 16.9 Å². The van der Waals surface area contributed by atoms with E-state index in [9.17, 15) is 4.79 Å². The molecule has 1 aliphatic heterocycles. The number of carbonyl (C=O) groups excluding carboxylic acids is 1. The highest BCUT2D eigenvalue weighted by Crippen LogP contribution is 2.36. The number of piperazine rings is 1. The molecule has 3 heterocycles. The van der Waals surface area contributed by atoms with Crippen LogP contribution in [0.1, 0.15) is 35.5 Å². The number of hydrogen-bond acceptors (Lipinski definition) is 6. The van der Waals surface area contributed by atoms with Crippen LogP contribution >= 0.6 is 23.6 Å². The number of aryl methyl sites for hydroxylation is 2. The highest BCUT2D eigenvalue weighted by Gasteiger charge is 2.23. The molecule has 0 atom stereocenters. The van der Waals surface area contributed by atoms with Gasteiger partial charge in [-0.25, -0.2) is 4.79 Å². The van der Waals surface area contributed by atoms with Crippen LogP contribution in [-0.2, 0) is 17.8 Å². The summed E-state index contributed by atoms with van der Waals surface area (Å²) in [5, 5.41) is 9.26. The first-order valence-electron chi connectivity index (χ1n) is 11.7. The maximum absolute atomic E-state index is 12.6. The number of nitrogens with one attached hydrogen (secondary N) is 1. The van der Waals surface area contributed by atoms with E-state index in [0.29, 0.717) is 17.3 Å². The standard InChI is InChI=1S/C25H31N5O2S2/c1-4-30-17-20(18(3)27-30)16-28-11-13-29(14-12-28)25(33)26-23-21(24(31)32-5-2)15-22(34-23)19-9-7-6-8-10-19/h6-10,15,17H,4-5,11-14,16H2,1-3H3,(H,26,33). The van der Waals surface area contributed by atoms with Gasteiger partial charge in [-0.15, -0.1) is 11.3 Å². The molecular formula is C25H31N5O2S2. The van der Waals surface area contributed by atoms with Crippen LogP contribution in [0.4, 0.5) is 5.00 Å². The zero-order valence-electron chi connectivity index (χ0n) is 19.9. The first kappa shape index (κ1) is 24.4. The van der Waals surface area contributed by atoms with Crippen LogP contribution < -0.4 is 5.32 Å². The van der Waals surface area contributed by atoms with E-state index in [4.69, 9.17) is 17.0 Å². The largest absolute Gasteiger partial charge is 0.462 e. The topological polar surface area (TPSA) is 62.6 Å². The van der Waals surface area contributed by atoms with Crippen molar-refractivity contribution in [2.75, 3.05) is 38.1 Å². The summed E-state index contributed by atoms with van der Waals surface area (Å²) in [7, 11) is 0. The predicted molar refractivity (Wildman–Crippen MR) is 141 cm³/mol. The van der Waals surface area contributed by atoms with Crippen molar-refractivity contribution in [2.45, 2.75) is 33.9 Å². The SMILES string of the molecule is CCOC(=O)c1cc(-c2ccccc2)sc1NC(=S)N1CCN(Cc2cn(CC)nc2C)CC1. The molecule has 0 unspecified atom stereocenters. The normalized spacial score (nSPS) is 14.3. The average molecular weight is 498 g/mol. The summed E-state index contributed by atoms with van der Waals surface area (Å²) in [6, 6.07) is 11.9. The number of anilines is 1. The van der Waals surface area contributed by atoms with E-state index in [1.807, 2.05) is 48.0 Å². The fourth-order valence-electron chi connectivity index (χ4n) is 3.99. The summed E-state index contributed by atoms with van der Waals surface area (Å²) in [6.07, 6.45) is 2.14. The van der Waals surface area contributed by atoms with Crippen molar-refractivity contribution < 1.29 is 9.53 Å². The molecule has 7 nitrogen and oxygen atoms in total. The van der Waals surface area contributed by atoms with Gasteiger partial charge >= 0.3 is 5.97 Å². The summed E-state index contributed by atoms with van der Waals surface area (Å²) < 4.78 is 7.28. The highest BCUT2D eigenvalue weighted by molar-refractivity contribution is 7.80. The van der Waals surface area contributed by atoms with Gasteiger partial charge in [0, 0.05) is 55.9 Å². The molecule has 1 fully saturated rings. The van der Waals surface area contributed by atoms with Gasteiger partial charge in [0.25, 0.3) is 0 Å². The van der Waals surface area contributed by atoms with Crippen LogP contribution in [-0.4, -0.2) is 63.4 Å². The van der Waals surface area contributed by atoms with Gasteiger partial charge in [-0.05, 0) is 44.6 Å². The van der Waals surface area contributed by atoms with Crippen molar-refractivity contribution in [1.82, 2.24) is 19.6 Å². The molecule has 0 amide bonds. The third kappa shape index (κ3) is 5.65. The number of hydrogen-bond donors (Lipinski definition) is 1. The molecule has 180 valence electrons. The molecule has 0 saturated carbocycles. The van der Waals surface area contributed by atoms with Crippen LogP contribution in [0.5, 0.6) is 0 Å². The Morgan fingerprint density at radius 1 is 1.18 bits per heavy atom. The number of carbonyl (C=O) groups is 1. The van der Waals surface area contributed by atoms with Crippen molar-refractivity contribution in [1.29, 1.82) is 0 Å². The van der Waals surface area contributed by atoms with E-state index in [0.717, 1.165) is 60.4 Å². The maximum atomic E-state index is 12.6. The number of thiocarbonyl (C=S) groups is 1. The highest BCUT2D eigenvalue weighted by atomic mass is 32.1. The van der Waals surface area contributed by atoms with E-state index in [-0.39, 0.29) is 5.97 Å². The predicted octanol–water partition coefficient (Wildman–Crippen LogP) is 4.63. The molecule has 0 aliphatic carbocycles. The van der Waals surface area contributed by atoms with E-state index in [2.05, 4.69) is 40.3 Å². The Kier molecular flexibility index (Phi) is 7.97. The van der Waals surface area contributed by atoms with E-state index < -0.39 is 0 Å². The van der Waals surface area contributed by atoms with Gasteiger partial charge in [0.15, 0.2) is 5.11 Å². The molecule has 34 heavy (non-hydrogen) atoms. The molecule has 3 aromatic rings. The smallest absolute Gasteiger partial charge is 0.341 e. The van der Waals surface area contributed by atoms with Crippen molar-refractivity contribution in [3.63, 3.8) is 0 Å². The Morgan fingerprint density at radius 3 is 2.56 bits per heavy atom. The lowest BCUT2D eigenvalue weighted by atomic mass is 10.1. The second-order valence-corrected chi connectivity index (χ2v) is 9.67. The summed E-state index contributed by atoms with van der Waals surface area (Å²) in [4.78, 5) is 18.2. The first-order valence-corrected chi connectivity index (χ1v) is 12.9. The lowest BCUT2D eigenvalue weighted by Gasteiger charge is -2.36. The second kappa shape index (κ2) is 11.1. The van der Waals surface area contributed by atoms with Crippen molar-refractivity contribution in [3.8, 4) is 10.4 Å². The molecule has 0 spiro atoms. The number of benzene rings is 1. The van der Waals surface area contributed by atoms with Crippen molar-refractivity contribution in [3.05, 3.63) is 59.4 Å². The van der Waals surface area contributed by atoms with Gasteiger partial charge in [-0.2, -0.15) is 5.10 Å². The third-order valence-electron chi connectivity index (χ3n) is 5.93. The Bertz CT molecular complexity index is 1130. The van der Waals surface area contributed by atoms with E-state index >= 15 is 0 Å². The molecule has 4 rings (SSSR count). The van der Waals surface area contributed by atoms with Crippen molar-refractivity contribution >= 4 is 39.6 Å². The van der Waals surface area contributed by atoms with Crippen LogP contribution in [0.15, 0.2) is 42.6 Å². The molecule has 2 aromatic heterocycles. The van der Waals surface area contributed by atoms with Crippen LogP contribution in [0.2, 0.25) is 0 Å². The van der Waals surface area contributed by atoms with Gasteiger partial charge in [0.1, 0.15) is 5.00 Å². The number of nitrogens with zero attached hydrogens (tertiary/aromatic N) is 4. The molecule has 1 aliphatic rings. The number of thiophene rings is 1. The lowest BCUT2D eigenvalue weighted by molar-refractivity contribution is 0.0528. The monoisotopic (exact) mass is 497 g/mol. The maximum Gasteiger partial charge on any atom is 0.341 e. The minimum Gasteiger partial charge on any atom is -0.462 e. The Morgan fingerprint density at radius 2 is 1.91 bits per heavy atom. The van der Waals surface area contributed by atoms with Crippen LogP contribution in [0.25, 0.3) is 10.4 Å². The zero-order chi connectivity index (χ0) is 24.1. The zero-order valence-corrected chi connectivity index (χ0v) is 21.5. The van der Waals surface area contributed by atoms with Gasteiger partial charge in [0.2, 0.25) is 0 Å². The van der Waals surface area contributed by atoms with Gasteiger partial charge in [0.05, 0.1) is 17.9 Å². The molecule has 1 N–H and O–H groups in total. The van der Waals surface area contributed by atoms with Crippen LogP contribution in [0, 0.1) is 6.92 Å². The number of ether oxygens (including phenoxy) is 1. The number of rotatable bonds is 7. The molecular weight excluding hydrogens is 466 g/mol. The fraction of sp³-hybridized carbons (Fsp3) is 0.400. The summed E-state index contributed by atoms with van der Waals surface area (Å²) in [5.41, 5.74) is 3.96. The first-order chi connectivity index (χ1) is 16.5. The van der Waals surface area contributed by atoms with Gasteiger partial charge in [-0.1, -0.05) is 30.3 Å². The second-order valence-electron chi connectivity index (χ2n) is 8.23. The molecule has 1 saturated heterocycles. The van der Waals surface area contributed by atoms with Gasteiger partial charge in [-0.3, -0.25) is 9.58 Å². The summed E-state index contributed by atoms with van der Waals surface area (Å²) >= 11 is 7.26. The minimum atomic E-state index is -0.334.